The molecule has 1 amide bonds. The minimum atomic E-state index is -3.59. The monoisotopic (exact) mass is 353 g/mol. The van der Waals surface area contributed by atoms with Crippen molar-refractivity contribution in [1.29, 1.82) is 0 Å². The van der Waals surface area contributed by atoms with Crippen LogP contribution < -0.4 is 5.73 Å². The number of carbonyl (C=O) groups excluding carboxylic acids is 1. The van der Waals surface area contributed by atoms with Gasteiger partial charge < -0.3 is 10.3 Å². The van der Waals surface area contributed by atoms with Crippen LogP contribution in [0.15, 0.2) is 17.2 Å². The van der Waals surface area contributed by atoms with E-state index in [4.69, 9.17) is 5.73 Å². The molecule has 1 aromatic rings. The number of carbonyl (C=O) groups is 1. The molecule has 134 valence electrons. The van der Waals surface area contributed by atoms with Gasteiger partial charge in [-0.3, -0.25) is 4.79 Å². The molecule has 6 nitrogen and oxygen atoms in total. The molecule has 2 aliphatic carbocycles. The van der Waals surface area contributed by atoms with Crippen LogP contribution in [0.1, 0.15) is 62.4 Å². The predicted octanol–water partition coefficient (Wildman–Crippen LogP) is 2.25. The van der Waals surface area contributed by atoms with E-state index >= 15 is 0 Å². The topological polar surface area (TPSA) is 85.4 Å². The van der Waals surface area contributed by atoms with Gasteiger partial charge in [0, 0.05) is 25.3 Å². The number of nitrogens with two attached hydrogens (primary N) is 1. The Balaban J connectivity index is 1.88. The average Bonchev–Trinajstić information content (AvgIpc) is 3.27. The normalized spacial score (nSPS) is 25.1. The first-order chi connectivity index (χ1) is 11.3. The molecule has 0 aromatic carbocycles. The van der Waals surface area contributed by atoms with Crippen molar-refractivity contribution in [1.82, 2.24) is 8.87 Å². The van der Waals surface area contributed by atoms with Gasteiger partial charge in [0.05, 0.1) is 0 Å². The average molecular weight is 353 g/mol. The second kappa shape index (κ2) is 6.52. The van der Waals surface area contributed by atoms with E-state index in [9.17, 15) is 13.2 Å². The van der Waals surface area contributed by atoms with Crippen molar-refractivity contribution in [3.8, 4) is 0 Å². The van der Waals surface area contributed by atoms with E-state index in [0.717, 1.165) is 44.4 Å². The third-order valence-electron chi connectivity index (χ3n) is 5.47. The van der Waals surface area contributed by atoms with Crippen molar-refractivity contribution in [2.45, 2.75) is 68.8 Å². The summed E-state index contributed by atoms with van der Waals surface area (Å²) >= 11 is 0. The molecule has 2 saturated carbocycles. The number of rotatable bonds is 6. The maximum atomic E-state index is 13.2. The number of amides is 1. The fourth-order valence-corrected chi connectivity index (χ4v) is 5.87. The van der Waals surface area contributed by atoms with Crippen LogP contribution in [0.2, 0.25) is 0 Å². The molecular weight excluding hydrogens is 326 g/mol. The van der Waals surface area contributed by atoms with E-state index in [1.165, 1.54) is 23.3 Å². The Kier molecular flexibility index (Phi) is 4.75. The first-order valence-electron chi connectivity index (χ1n) is 8.84. The molecule has 3 rings (SSSR count). The smallest absolute Gasteiger partial charge is 0.265 e. The Hall–Kier alpha value is -1.34. The quantitative estimate of drug-likeness (QED) is 0.851. The van der Waals surface area contributed by atoms with Crippen molar-refractivity contribution < 1.29 is 13.2 Å². The van der Waals surface area contributed by atoms with Gasteiger partial charge in [-0.15, -0.1) is 0 Å². The van der Waals surface area contributed by atoms with E-state index in [0.29, 0.717) is 0 Å². The van der Waals surface area contributed by atoms with Crippen molar-refractivity contribution in [2.75, 3.05) is 0 Å². The molecule has 2 aliphatic rings. The Labute approximate surface area is 144 Å². The molecule has 0 radical (unpaired) electrons. The van der Waals surface area contributed by atoms with Crippen LogP contribution in [0.5, 0.6) is 0 Å². The summed E-state index contributed by atoms with van der Waals surface area (Å²) in [6, 6.07) is 1.61. The van der Waals surface area contributed by atoms with Crippen LogP contribution in [0.25, 0.3) is 0 Å². The number of aryl methyl sites for hydroxylation is 1. The van der Waals surface area contributed by atoms with Crippen molar-refractivity contribution in [3.63, 3.8) is 0 Å². The molecule has 0 spiro atoms. The van der Waals surface area contributed by atoms with Gasteiger partial charge in [-0.25, -0.2) is 8.42 Å². The van der Waals surface area contributed by atoms with E-state index in [1.807, 2.05) is 0 Å². The molecule has 0 aliphatic heterocycles. The summed E-state index contributed by atoms with van der Waals surface area (Å²) in [4.78, 5) is 11.6. The molecule has 2 fully saturated rings. The fraction of sp³-hybridized carbons (Fsp3) is 0.706. The van der Waals surface area contributed by atoms with Crippen LogP contribution in [0, 0.1) is 5.92 Å². The van der Waals surface area contributed by atoms with E-state index in [-0.39, 0.29) is 22.7 Å². The maximum absolute atomic E-state index is 13.2. The molecule has 2 N–H and O–H groups in total. The van der Waals surface area contributed by atoms with Crippen molar-refractivity contribution in [2.24, 2.45) is 18.7 Å². The first-order valence-corrected chi connectivity index (χ1v) is 10.3. The molecule has 24 heavy (non-hydrogen) atoms. The van der Waals surface area contributed by atoms with Gasteiger partial charge in [0.25, 0.3) is 5.91 Å². The molecule has 7 heteroatoms. The fourth-order valence-electron chi connectivity index (χ4n) is 3.87. The highest BCUT2D eigenvalue weighted by atomic mass is 32.2. The lowest BCUT2D eigenvalue weighted by Gasteiger charge is -2.36. The summed E-state index contributed by atoms with van der Waals surface area (Å²) in [7, 11) is -1.95. The zero-order valence-electron chi connectivity index (χ0n) is 14.4. The highest BCUT2D eigenvalue weighted by Crippen LogP contribution is 2.39. The summed E-state index contributed by atoms with van der Waals surface area (Å²) in [6.45, 7) is 2.20. The minimum absolute atomic E-state index is 0.0857. The maximum Gasteiger partial charge on any atom is 0.265 e. The van der Waals surface area contributed by atoms with Crippen LogP contribution in [0.3, 0.4) is 0 Å². The highest BCUT2D eigenvalue weighted by molar-refractivity contribution is 7.89. The third kappa shape index (κ3) is 3.24. The van der Waals surface area contributed by atoms with Gasteiger partial charge >= 0.3 is 0 Å². The van der Waals surface area contributed by atoms with Gasteiger partial charge in [0.2, 0.25) is 10.0 Å². The number of aromatic nitrogens is 1. The van der Waals surface area contributed by atoms with Gasteiger partial charge in [-0.1, -0.05) is 13.3 Å². The Morgan fingerprint density at radius 3 is 2.17 bits per heavy atom. The molecule has 0 saturated heterocycles. The Morgan fingerprint density at radius 2 is 1.75 bits per heavy atom. The standard InChI is InChI=1S/C17H27N3O3S/c1-3-12-4-6-13(7-5-12)20(14-8-9-14)24(22,23)15-10-16(17(18)21)19(2)11-15/h10-14H,3-9H2,1-2H3,(H2,18,21). The Bertz CT molecular complexity index is 713. The lowest BCUT2D eigenvalue weighted by molar-refractivity contribution is 0.0992. The predicted molar refractivity (Wildman–Crippen MR) is 92.0 cm³/mol. The third-order valence-corrected chi connectivity index (χ3v) is 7.44. The zero-order chi connectivity index (χ0) is 17.5. The van der Waals surface area contributed by atoms with Gasteiger partial charge in [0.15, 0.2) is 0 Å². The van der Waals surface area contributed by atoms with E-state index in [1.54, 1.807) is 11.4 Å². The SMILES string of the molecule is CCC1CCC(N(C2CC2)S(=O)(=O)c2cc(C(N)=O)n(C)c2)CC1. The minimum Gasteiger partial charge on any atom is -0.364 e. The number of nitrogens with zero attached hydrogens (tertiary/aromatic N) is 2. The second-order valence-corrected chi connectivity index (χ2v) is 9.03. The van der Waals surface area contributed by atoms with Crippen molar-refractivity contribution in [3.05, 3.63) is 18.0 Å². The van der Waals surface area contributed by atoms with Crippen molar-refractivity contribution >= 4 is 15.9 Å². The number of hydrogen-bond donors (Lipinski definition) is 1. The van der Waals surface area contributed by atoms with Crippen LogP contribution >= 0.6 is 0 Å². The summed E-state index contributed by atoms with van der Waals surface area (Å²) in [5.74, 6) is 0.114. The molecular formula is C17H27N3O3S. The number of sulfonamides is 1. The molecule has 1 aromatic heterocycles. The number of primary amides is 1. The first kappa shape index (κ1) is 17.5. The Morgan fingerprint density at radius 1 is 1.21 bits per heavy atom. The van der Waals surface area contributed by atoms with E-state index in [2.05, 4.69) is 6.92 Å². The lowest BCUT2D eigenvalue weighted by atomic mass is 9.84. The molecule has 1 heterocycles. The largest absolute Gasteiger partial charge is 0.364 e. The molecule has 0 bridgehead atoms. The number of hydrogen-bond acceptors (Lipinski definition) is 3. The molecule has 0 atom stereocenters. The van der Waals surface area contributed by atoms with Gasteiger partial charge in [-0.2, -0.15) is 4.31 Å². The van der Waals surface area contributed by atoms with E-state index < -0.39 is 15.9 Å². The summed E-state index contributed by atoms with van der Waals surface area (Å²) in [5.41, 5.74) is 5.55. The van der Waals surface area contributed by atoms with Crippen LogP contribution in [-0.2, 0) is 17.1 Å². The van der Waals surface area contributed by atoms with Crippen LogP contribution in [0.4, 0.5) is 0 Å². The van der Waals surface area contributed by atoms with Crippen LogP contribution in [-0.4, -0.2) is 35.3 Å². The van der Waals surface area contributed by atoms with Gasteiger partial charge in [-0.05, 0) is 50.5 Å². The lowest BCUT2D eigenvalue weighted by Crippen LogP contribution is -2.43. The van der Waals surface area contributed by atoms with Gasteiger partial charge in [0.1, 0.15) is 10.6 Å². The second-order valence-electron chi connectivity index (χ2n) is 7.19. The molecule has 0 unspecified atom stereocenters. The summed E-state index contributed by atoms with van der Waals surface area (Å²) in [5, 5.41) is 0. The zero-order valence-corrected chi connectivity index (χ0v) is 15.3. The summed E-state index contributed by atoms with van der Waals surface area (Å²) < 4.78 is 29.7. The highest BCUT2D eigenvalue weighted by Gasteiger charge is 2.43. The summed E-state index contributed by atoms with van der Waals surface area (Å²) in [6.07, 6.45) is 8.60.